The molecule has 0 aromatic rings. The van der Waals surface area contributed by atoms with E-state index in [1.165, 1.54) is 19.3 Å². The second-order valence-corrected chi connectivity index (χ2v) is 5.25. The van der Waals surface area contributed by atoms with E-state index in [-0.39, 0.29) is 0 Å². The predicted molar refractivity (Wildman–Crippen MR) is 51.2 cm³/mol. The third-order valence-corrected chi connectivity index (χ3v) is 4.40. The molecule has 0 nitrogen and oxygen atoms in total. The summed E-state index contributed by atoms with van der Waals surface area (Å²) in [6.07, 6.45) is 7.60. The number of hydrogen-bond donors (Lipinski definition) is 0. The van der Waals surface area contributed by atoms with Crippen molar-refractivity contribution in [3.63, 3.8) is 0 Å². The summed E-state index contributed by atoms with van der Waals surface area (Å²) in [4.78, 5) is 0. The first-order valence-electron chi connectivity index (χ1n) is 5.57. The van der Waals surface area contributed by atoms with Crippen molar-refractivity contribution in [2.45, 2.75) is 44.7 Å². The molecule has 0 N–H and O–H groups in total. The quantitative estimate of drug-likeness (QED) is 0.501. The molecule has 4 saturated carbocycles. The average molecular weight is 180 g/mol. The maximum atomic E-state index is 14.5. The molecule has 4 bridgehead atoms. The molecule has 0 amide bonds. The zero-order valence-electron chi connectivity index (χ0n) is 8.22. The zero-order chi connectivity index (χ0) is 9.05. The van der Waals surface area contributed by atoms with Crippen molar-refractivity contribution in [1.82, 2.24) is 0 Å². The van der Waals surface area contributed by atoms with Crippen molar-refractivity contribution in [1.29, 1.82) is 0 Å². The van der Waals surface area contributed by atoms with Gasteiger partial charge in [-0.05, 0) is 62.4 Å². The molecule has 72 valence electrons. The molecule has 4 atom stereocenters. The summed E-state index contributed by atoms with van der Waals surface area (Å²) in [6.45, 7) is 2.01. The van der Waals surface area contributed by atoms with Gasteiger partial charge < -0.3 is 0 Å². The summed E-state index contributed by atoms with van der Waals surface area (Å²) in [5, 5.41) is 0. The van der Waals surface area contributed by atoms with Crippen LogP contribution >= 0.6 is 0 Å². The first-order valence-corrected chi connectivity index (χ1v) is 5.57. The van der Waals surface area contributed by atoms with Crippen LogP contribution in [0.2, 0.25) is 0 Å². The molecule has 0 aromatic heterocycles. The Kier molecular flexibility index (Phi) is 1.46. The van der Waals surface area contributed by atoms with Gasteiger partial charge in [0.15, 0.2) is 0 Å². The minimum absolute atomic E-state index is 0.612. The highest BCUT2D eigenvalue weighted by Crippen LogP contribution is 2.59. The largest absolute Gasteiger partial charge is 0.239 e. The first-order chi connectivity index (χ1) is 6.21. The van der Waals surface area contributed by atoms with Gasteiger partial charge in [0, 0.05) is 0 Å². The van der Waals surface area contributed by atoms with Gasteiger partial charge in [-0.25, -0.2) is 4.39 Å². The molecule has 0 heterocycles. The Labute approximate surface area is 79.2 Å². The molecule has 4 aliphatic rings. The minimum Gasteiger partial charge on any atom is -0.239 e. The Morgan fingerprint density at radius 2 is 1.85 bits per heavy atom. The van der Waals surface area contributed by atoms with Crippen LogP contribution in [0, 0.1) is 17.8 Å². The van der Waals surface area contributed by atoms with Gasteiger partial charge in [-0.3, -0.25) is 0 Å². The predicted octanol–water partition coefficient (Wildman–Crippen LogP) is 3.48. The molecule has 0 saturated heterocycles. The number of rotatable bonds is 0. The Morgan fingerprint density at radius 3 is 2.31 bits per heavy atom. The highest BCUT2D eigenvalue weighted by atomic mass is 19.1. The van der Waals surface area contributed by atoms with Gasteiger partial charge in [0.05, 0.1) is 0 Å². The zero-order valence-corrected chi connectivity index (χ0v) is 8.22. The molecule has 4 aliphatic carbocycles. The van der Waals surface area contributed by atoms with Crippen LogP contribution in [0.4, 0.5) is 4.39 Å². The smallest absolute Gasteiger partial charge is 0.132 e. The van der Waals surface area contributed by atoms with Crippen LogP contribution in [0.15, 0.2) is 11.6 Å². The van der Waals surface area contributed by atoms with Gasteiger partial charge in [0.1, 0.15) is 5.67 Å². The monoisotopic (exact) mass is 180 g/mol. The summed E-state index contributed by atoms with van der Waals surface area (Å²) in [7, 11) is 0. The molecule has 13 heavy (non-hydrogen) atoms. The standard InChI is InChI=1S/C12H17F/c1-2-11-10-4-8-3-9(5-10)7-12(11,13)6-8/h2,8-10H,3-7H2,1H3/b11-2-/t8-,9+,10?,12?. The summed E-state index contributed by atoms with van der Waals surface area (Å²) in [5.74, 6) is 2.04. The van der Waals surface area contributed by atoms with E-state index < -0.39 is 5.67 Å². The lowest BCUT2D eigenvalue weighted by Gasteiger charge is -2.54. The lowest BCUT2D eigenvalue weighted by atomic mass is 9.53. The van der Waals surface area contributed by atoms with E-state index in [9.17, 15) is 4.39 Å². The van der Waals surface area contributed by atoms with Crippen LogP contribution in [0.5, 0.6) is 0 Å². The highest BCUT2D eigenvalue weighted by Gasteiger charge is 2.54. The third kappa shape index (κ3) is 0.963. The first kappa shape index (κ1) is 8.02. The topological polar surface area (TPSA) is 0 Å². The fourth-order valence-corrected chi connectivity index (χ4v) is 4.25. The summed E-state index contributed by atoms with van der Waals surface area (Å²) in [6, 6.07) is 0. The van der Waals surface area contributed by atoms with Crippen molar-refractivity contribution in [2.75, 3.05) is 0 Å². The van der Waals surface area contributed by atoms with E-state index in [2.05, 4.69) is 6.08 Å². The van der Waals surface area contributed by atoms with E-state index in [1.807, 2.05) is 6.92 Å². The number of halogens is 1. The molecule has 0 aromatic carbocycles. The van der Waals surface area contributed by atoms with Crippen LogP contribution in [0.1, 0.15) is 39.0 Å². The normalized spacial score (nSPS) is 56.2. The van der Waals surface area contributed by atoms with Crippen molar-refractivity contribution in [3.05, 3.63) is 11.6 Å². The van der Waals surface area contributed by atoms with E-state index in [0.29, 0.717) is 17.8 Å². The van der Waals surface area contributed by atoms with Gasteiger partial charge in [0.25, 0.3) is 0 Å². The van der Waals surface area contributed by atoms with Crippen molar-refractivity contribution < 1.29 is 4.39 Å². The second kappa shape index (κ2) is 2.37. The molecule has 1 heteroatoms. The molecule has 0 radical (unpaired) electrons. The van der Waals surface area contributed by atoms with Crippen LogP contribution < -0.4 is 0 Å². The van der Waals surface area contributed by atoms with E-state index in [0.717, 1.165) is 18.4 Å². The van der Waals surface area contributed by atoms with E-state index >= 15 is 0 Å². The number of hydrogen-bond acceptors (Lipinski definition) is 0. The van der Waals surface area contributed by atoms with E-state index in [4.69, 9.17) is 0 Å². The Hall–Kier alpha value is -0.330. The van der Waals surface area contributed by atoms with Crippen molar-refractivity contribution >= 4 is 0 Å². The lowest BCUT2D eigenvalue weighted by Crippen LogP contribution is -2.49. The fourth-order valence-electron chi connectivity index (χ4n) is 4.25. The lowest BCUT2D eigenvalue weighted by molar-refractivity contribution is -0.0219. The van der Waals surface area contributed by atoms with E-state index in [1.54, 1.807) is 0 Å². The fraction of sp³-hybridized carbons (Fsp3) is 0.833. The van der Waals surface area contributed by atoms with Crippen LogP contribution in [0.3, 0.4) is 0 Å². The van der Waals surface area contributed by atoms with Gasteiger partial charge in [-0.2, -0.15) is 0 Å². The van der Waals surface area contributed by atoms with Crippen molar-refractivity contribution in [3.8, 4) is 0 Å². The molecule has 2 unspecified atom stereocenters. The summed E-state index contributed by atoms with van der Waals surface area (Å²) in [5.41, 5.74) is 0.281. The number of alkyl halides is 1. The van der Waals surface area contributed by atoms with Crippen LogP contribution in [-0.2, 0) is 0 Å². The Morgan fingerprint density at radius 1 is 1.23 bits per heavy atom. The maximum absolute atomic E-state index is 14.5. The van der Waals surface area contributed by atoms with Crippen LogP contribution in [-0.4, -0.2) is 5.67 Å². The number of allylic oxidation sites excluding steroid dienone is 2. The molecular weight excluding hydrogens is 163 g/mol. The molecule has 0 spiro atoms. The minimum atomic E-state index is -0.872. The van der Waals surface area contributed by atoms with Gasteiger partial charge in [-0.15, -0.1) is 0 Å². The third-order valence-electron chi connectivity index (χ3n) is 4.40. The SMILES string of the molecule is C/C=C1/C2C[C@@H]3C[C@H](C2)CC1(F)C3. The van der Waals surface area contributed by atoms with Gasteiger partial charge in [-0.1, -0.05) is 6.08 Å². The maximum Gasteiger partial charge on any atom is 0.132 e. The molecule has 4 fully saturated rings. The average Bonchev–Trinajstić information content (AvgIpc) is 2.00. The Balaban J connectivity index is 2.03. The van der Waals surface area contributed by atoms with Gasteiger partial charge >= 0.3 is 0 Å². The molecular formula is C12H17F. The second-order valence-electron chi connectivity index (χ2n) is 5.25. The molecule has 4 rings (SSSR count). The summed E-state index contributed by atoms with van der Waals surface area (Å²) >= 11 is 0. The summed E-state index contributed by atoms with van der Waals surface area (Å²) < 4.78 is 14.5. The Bertz CT molecular complexity index is 252. The van der Waals surface area contributed by atoms with Crippen LogP contribution in [0.25, 0.3) is 0 Å². The molecule has 0 aliphatic heterocycles. The van der Waals surface area contributed by atoms with Gasteiger partial charge in [0.2, 0.25) is 0 Å². The van der Waals surface area contributed by atoms with Crippen molar-refractivity contribution in [2.24, 2.45) is 17.8 Å². The highest BCUT2D eigenvalue weighted by molar-refractivity contribution is 5.28.